The van der Waals surface area contributed by atoms with E-state index in [1.165, 1.54) is 4.31 Å². The van der Waals surface area contributed by atoms with Gasteiger partial charge in [0.2, 0.25) is 5.09 Å². The minimum Gasteiger partial charge on any atom is -0.447 e. The van der Waals surface area contributed by atoms with Crippen LogP contribution >= 0.6 is 0 Å². The molecule has 0 radical (unpaired) electrons. The zero-order valence-corrected chi connectivity index (χ0v) is 12.8. The highest BCUT2D eigenvalue weighted by Crippen LogP contribution is 2.19. The first-order chi connectivity index (χ1) is 9.06. The summed E-state index contributed by atoms with van der Waals surface area (Å²) in [5.41, 5.74) is 0. The molecule has 0 atom stereocenters. The van der Waals surface area contributed by atoms with Crippen molar-refractivity contribution in [2.24, 2.45) is 0 Å². The third-order valence-electron chi connectivity index (χ3n) is 2.73. The van der Waals surface area contributed by atoms with Crippen LogP contribution in [-0.4, -0.2) is 32.4 Å². The fourth-order valence-corrected chi connectivity index (χ4v) is 3.37. The van der Waals surface area contributed by atoms with Gasteiger partial charge in [0.25, 0.3) is 10.0 Å². The summed E-state index contributed by atoms with van der Waals surface area (Å²) in [6, 6.07) is 3.26. The summed E-state index contributed by atoms with van der Waals surface area (Å²) in [5.74, 6) is 0.647. The third kappa shape index (κ3) is 4.33. The standard InChI is InChI=1S/C13H24N2O3S/c1-4-9-15(10-5-2)19(16,17)13-8-7-12(18-13)11-14-6-3/h7-8,14H,4-6,9-11H2,1-3H3. The van der Waals surface area contributed by atoms with E-state index in [1.807, 2.05) is 20.8 Å². The van der Waals surface area contributed by atoms with Crippen LogP contribution in [0.25, 0.3) is 0 Å². The first-order valence-corrected chi connectivity index (χ1v) is 8.29. The summed E-state index contributed by atoms with van der Waals surface area (Å²) < 4.78 is 31.7. The van der Waals surface area contributed by atoms with Crippen LogP contribution in [0.4, 0.5) is 0 Å². The van der Waals surface area contributed by atoms with E-state index in [9.17, 15) is 8.42 Å². The van der Waals surface area contributed by atoms with Crippen LogP contribution in [0.1, 0.15) is 39.4 Å². The second-order valence-corrected chi connectivity index (χ2v) is 6.27. The quantitative estimate of drug-likeness (QED) is 0.756. The van der Waals surface area contributed by atoms with Crippen molar-refractivity contribution >= 4 is 10.0 Å². The molecule has 0 aliphatic heterocycles. The Morgan fingerprint density at radius 1 is 1.16 bits per heavy atom. The molecule has 110 valence electrons. The van der Waals surface area contributed by atoms with E-state index in [4.69, 9.17) is 4.42 Å². The van der Waals surface area contributed by atoms with E-state index in [2.05, 4.69) is 5.32 Å². The van der Waals surface area contributed by atoms with Crippen LogP contribution in [0.2, 0.25) is 0 Å². The van der Waals surface area contributed by atoms with Gasteiger partial charge in [0, 0.05) is 13.1 Å². The van der Waals surface area contributed by atoms with Gasteiger partial charge in [-0.1, -0.05) is 20.8 Å². The number of nitrogens with zero attached hydrogens (tertiary/aromatic N) is 1. The Kier molecular flexibility index (Phi) is 6.54. The normalized spacial score (nSPS) is 12.2. The van der Waals surface area contributed by atoms with Crippen LogP contribution < -0.4 is 5.32 Å². The van der Waals surface area contributed by atoms with Crippen molar-refractivity contribution < 1.29 is 12.8 Å². The lowest BCUT2D eigenvalue weighted by atomic mass is 10.4. The van der Waals surface area contributed by atoms with Crippen LogP contribution in [0.15, 0.2) is 21.6 Å². The van der Waals surface area contributed by atoms with Crippen molar-refractivity contribution in [2.45, 2.75) is 45.2 Å². The van der Waals surface area contributed by atoms with Gasteiger partial charge in [0.15, 0.2) is 0 Å². The summed E-state index contributed by atoms with van der Waals surface area (Å²) in [6.45, 7) is 8.35. The lowest BCUT2D eigenvalue weighted by molar-refractivity contribution is 0.362. The van der Waals surface area contributed by atoms with E-state index in [0.29, 0.717) is 25.4 Å². The van der Waals surface area contributed by atoms with Crippen molar-refractivity contribution in [3.63, 3.8) is 0 Å². The molecule has 0 aromatic carbocycles. The molecule has 6 heteroatoms. The highest BCUT2D eigenvalue weighted by atomic mass is 32.2. The number of sulfonamides is 1. The molecule has 0 saturated heterocycles. The number of hydrogen-bond acceptors (Lipinski definition) is 4. The predicted octanol–water partition coefficient (Wildman–Crippen LogP) is 2.20. The van der Waals surface area contributed by atoms with Gasteiger partial charge in [-0.05, 0) is 31.5 Å². The van der Waals surface area contributed by atoms with Gasteiger partial charge in [-0.2, -0.15) is 4.31 Å². The largest absolute Gasteiger partial charge is 0.447 e. The average Bonchev–Trinajstić information content (AvgIpc) is 2.85. The molecular formula is C13H24N2O3S. The van der Waals surface area contributed by atoms with Gasteiger partial charge in [0.05, 0.1) is 6.54 Å². The molecule has 0 unspecified atom stereocenters. The summed E-state index contributed by atoms with van der Waals surface area (Å²) >= 11 is 0. The van der Waals surface area contributed by atoms with Crippen molar-refractivity contribution in [1.29, 1.82) is 0 Å². The minimum absolute atomic E-state index is 0.0438. The second-order valence-electron chi connectivity index (χ2n) is 4.41. The highest BCUT2D eigenvalue weighted by Gasteiger charge is 2.26. The molecule has 0 saturated carbocycles. The van der Waals surface area contributed by atoms with E-state index in [1.54, 1.807) is 12.1 Å². The molecule has 5 nitrogen and oxygen atoms in total. The Hall–Kier alpha value is -0.850. The number of rotatable bonds is 9. The van der Waals surface area contributed by atoms with Crippen LogP contribution in [0.3, 0.4) is 0 Å². The van der Waals surface area contributed by atoms with E-state index >= 15 is 0 Å². The Labute approximate surface area is 116 Å². The average molecular weight is 288 g/mol. The zero-order chi connectivity index (χ0) is 14.3. The molecule has 0 aliphatic carbocycles. The Balaban J connectivity index is 2.88. The van der Waals surface area contributed by atoms with E-state index in [0.717, 1.165) is 19.4 Å². The second kappa shape index (κ2) is 7.67. The van der Waals surface area contributed by atoms with Crippen molar-refractivity contribution in [3.05, 3.63) is 17.9 Å². The van der Waals surface area contributed by atoms with Crippen LogP contribution in [0.5, 0.6) is 0 Å². The molecule has 1 heterocycles. The lowest BCUT2D eigenvalue weighted by Crippen LogP contribution is -2.32. The Morgan fingerprint density at radius 2 is 1.79 bits per heavy atom. The molecule has 0 aliphatic rings. The molecular weight excluding hydrogens is 264 g/mol. The maximum atomic E-state index is 12.4. The number of furan rings is 1. The first kappa shape index (κ1) is 16.2. The summed E-state index contributed by atoms with van der Waals surface area (Å²) in [6.07, 6.45) is 1.59. The van der Waals surface area contributed by atoms with Gasteiger partial charge in [0.1, 0.15) is 5.76 Å². The Bertz CT molecular complexity index is 462. The molecule has 0 bridgehead atoms. The molecule has 1 N–H and O–H groups in total. The van der Waals surface area contributed by atoms with Crippen molar-refractivity contribution in [1.82, 2.24) is 9.62 Å². The van der Waals surface area contributed by atoms with E-state index in [-0.39, 0.29) is 5.09 Å². The van der Waals surface area contributed by atoms with Crippen molar-refractivity contribution in [2.75, 3.05) is 19.6 Å². The summed E-state index contributed by atoms with van der Waals surface area (Å²) in [4.78, 5) is 0. The summed E-state index contributed by atoms with van der Waals surface area (Å²) in [5, 5.41) is 3.15. The first-order valence-electron chi connectivity index (χ1n) is 6.85. The van der Waals surface area contributed by atoms with Crippen LogP contribution in [0, 0.1) is 0 Å². The maximum Gasteiger partial charge on any atom is 0.276 e. The number of hydrogen-bond donors (Lipinski definition) is 1. The molecule has 0 amide bonds. The maximum absolute atomic E-state index is 12.4. The van der Waals surface area contributed by atoms with Gasteiger partial charge < -0.3 is 9.73 Å². The fourth-order valence-electron chi connectivity index (χ4n) is 1.82. The van der Waals surface area contributed by atoms with Crippen LogP contribution in [-0.2, 0) is 16.6 Å². The molecule has 1 aromatic heterocycles. The summed E-state index contributed by atoms with van der Waals surface area (Å²) in [7, 11) is -3.49. The zero-order valence-electron chi connectivity index (χ0n) is 12.0. The Morgan fingerprint density at radius 3 is 2.32 bits per heavy atom. The van der Waals surface area contributed by atoms with Gasteiger partial charge in [-0.25, -0.2) is 8.42 Å². The molecule has 1 aromatic rings. The topological polar surface area (TPSA) is 62.6 Å². The molecule has 19 heavy (non-hydrogen) atoms. The highest BCUT2D eigenvalue weighted by molar-refractivity contribution is 7.89. The van der Waals surface area contributed by atoms with Gasteiger partial charge >= 0.3 is 0 Å². The van der Waals surface area contributed by atoms with Crippen molar-refractivity contribution in [3.8, 4) is 0 Å². The minimum atomic E-state index is -3.49. The van der Waals surface area contributed by atoms with E-state index < -0.39 is 10.0 Å². The molecule has 1 rings (SSSR count). The predicted molar refractivity (Wildman–Crippen MR) is 75.4 cm³/mol. The lowest BCUT2D eigenvalue weighted by Gasteiger charge is -2.19. The third-order valence-corrected chi connectivity index (χ3v) is 4.50. The smallest absolute Gasteiger partial charge is 0.276 e. The van der Waals surface area contributed by atoms with Gasteiger partial charge in [-0.3, -0.25) is 0 Å². The van der Waals surface area contributed by atoms with Gasteiger partial charge in [-0.15, -0.1) is 0 Å². The fraction of sp³-hybridized carbons (Fsp3) is 0.692. The molecule has 0 fully saturated rings. The number of nitrogens with one attached hydrogen (secondary N) is 1. The monoisotopic (exact) mass is 288 g/mol. The molecule has 0 spiro atoms. The SMILES string of the molecule is CCCN(CCC)S(=O)(=O)c1ccc(CNCC)o1.